The first kappa shape index (κ1) is 14.7. The van der Waals surface area contributed by atoms with Crippen molar-refractivity contribution in [1.82, 2.24) is 20.2 Å². The molecular formula is C18H19N5O. The molecule has 0 fully saturated rings. The molecule has 1 aromatic carbocycles. The number of carbonyl (C=O) groups excluding carboxylic acids is 1. The number of hydrogen-bond acceptors (Lipinski definition) is 3. The normalized spacial score (nSPS) is 15.6. The molecule has 6 nitrogen and oxygen atoms in total. The molecule has 0 radical (unpaired) electrons. The lowest BCUT2D eigenvalue weighted by Crippen LogP contribution is -2.23. The monoisotopic (exact) mass is 321 g/mol. The van der Waals surface area contributed by atoms with Crippen molar-refractivity contribution in [3.05, 3.63) is 53.5 Å². The second-order valence-corrected chi connectivity index (χ2v) is 6.11. The molecule has 2 N–H and O–H groups in total. The quantitative estimate of drug-likeness (QED) is 0.726. The lowest BCUT2D eigenvalue weighted by atomic mass is 9.96. The molecule has 6 heteroatoms. The summed E-state index contributed by atoms with van der Waals surface area (Å²) in [6.07, 6.45) is 6.93. The summed E-state index contributed by atoms with van der Waals surface area (Å²) >= 11 is 0. The number of nitrogens with zero attached hydrogens (tertiary/aromatic N) is 3. The van der Waals surface area contributed by atoms with Crippen LogP contribution in [-0.4, -0.2) is 26.4 Å². The van der Waals surface area contributed by atoms with Gasteiger partial charge >= 0.3 is 0 Å². The van der Waals surface area contributed by atoms with Crippen molar-refractivity contribution in [1.29, 1.82) is 0 Å². The molecule has 3 aromatic rings. The molecule has 0 aliphatic heterocycles. The van der Waals surface area contributed by atoms with Crippen molar-refractivity contribution < 1.29 is 4.79 Å². The molecule has 122 valence electrons. The number of hydrazone groups is 1. The van der Waals surface area contributed by atoms with Crippen molar-refractivity contribution in [2.75, 3.05) is 0 Å². The Hall–Kier alpha value is -2.89. The van der Waals surface area contributed by atoms with Gasteiger partial charge in [-0.05, 0) is 30.9 Å². The van der Waals surface area contributed by atoms with Gasteiger partial charge in [-0.1, -0.05) is 18.2 Å². The van der Waals surface area contributed by atoms with Gasteiger partial charge in [-0.2, -0.15) is 10.2 Å². The van der Waals surface area contributed by atoms with E-state index in [4.69, 9.17) is 0 Å². The Balaban J connectivity index is 1.49. The van der Waals surface area contributed by atoms with E-state index in [0.29, 0.717) is 6.42 Å². The number of nitrogens with one attached hydrogen (secondary N) is 2. The molecule has 0 spiro atoms. The number of amides is 1. The Labute approximate surface area is 139 Å². The van der Waals surface area contributed by atoms with Gasteiger partial charge in [-0.3, -0.25) is 9.48 Å². The molecule has 24 heavy (non-hydrogen) atoms. The van der Waals surface area contributed by atoms with Crippen LogP contribution < -0.4 is 5.43 Å². The average Bonchev–Trinajstić information content (AvgIpc) is 3.18. The highest BCUT2D eigenvalue weighted by Gasteiger charge is 2.19. The molecule has 2 heterocycles. The van der Waals surface area contributed by atoms with Crippen LogP contribution in [0.4, 0.5) is 0 Å². The van der Waals surface area contributed by atoms with Crippen LogP contribution in [0.25, 0.3) is 10.9 Å². The van der Waals surface area contributed by atoms with E-state index in [1.807, 2.05) is 48.4 Å². The molecule has 0 bridgehead atoms. The van der Waals surface area contributed by atoms with E-state index < -0.39 is 0 Å². The smallest absolute Gasteiger partial charge is 0.244 e. The van der Waals surface area contributed by atoms with Crippen LogP contribution in [0.5, 0.6) is 0 Å². The van der Waals surface area contributed by atoms with Gasteiger partial charge in [0.1, 0.15) is 0 Å². The molecule has 0 atom stereocenters. The lowest BCUT2D eigenvalue weighted by molar-refractivity contribution is -0.120. The summed E-state index contributed by atoms with van der Waals surface area (Å²) in [4.78, 5) is 15.4. The van der Waals surface area contributed by atoms with Crippen LogP contribution in [0.2, 0.25) is 0 Å². The van der Waals surface area contributed by atoms with Gasteiger partial charge in [-0.15, -0.1) is 0 Å². The first-order chi connectivity index (χ1) is 11.7. The first-order valence-corrected chi connectivity index (χ1v) is 8.14. The molecule has 2 aromatic heterocycles. The highest BCUT2D eigenvalue weighted by Crippen LogP contribution is 2.21. The average molecular weight is 321 g/mol. The molecule has 1 amide bonds. The molecule has 0 saturated carbocycles. The molecule has 4 rings (SSSR count). The number of H-pyrrole nitrogens is 1. The van der Waals surface area contributed by atoms with Crippen molar-refractivity contribution in [2.45, 2.75) is 25.7 Å². The molecule has 1 aliphatic rings. The number of fused-ring (bicyclic) bond motifs is 2. The summed E-state index contributed by atoms with van der Waals surface area (Å²) in [6, 6.07) is 7.97. The number of rotatable bonds is 3. The number of benzene rings is 1. The summed E-state index contributed by atoms with van der Waals surface area (Å²) in [5, 5.41) is 9.72. The van der Waals surface area contributed by atoms with E-state index in [1.165, 1.54) is 5.69 Å². The van der Waals surface area contributed by atoms with Crippen LogP contribution >= 0.6 is 0 Å². The minimum atomic E-state index is -0.108. The van der Waals surface area contributed by atoms with Gasteiger partial charge in [-0.25, -0.2) is 5.43 Å². The third-order valence-corrected chi connectivity index (χ3v) is 4.54. The van der Waals surface area contributed by atoms with Crippen LogP contribution in [0.15, 0.2) is 41.8 Å². The van der Waals surface area contributed by atoms with E-state index in [1.54, 1.807) is 0 Å². The van der Waals surface area contributed by atoms with Gasteiger partial charge in [0, 0.05) is 35.4 Å². The maximum atomic E-state index is 12.3. The number of carbonyl (C=O) groups is 1. The zero-order valence-corrected chi connectivity index (χ0v) is 13.5. The Morgan fingerprint density at radius 3 is 3.17 bits per heavy atom. The third kappa shape index (κ3) is 2.60. The fourth-order valence-electron chi connectivity index (χ4n) is 3.29. The number of aromatic nitrogens is 3. The SMILES string of the molecule is Cn1ncc2c1CCC/C2=N\NC(=O)Cc1c[nH]c2ccccc12. The number of aromatic amines is 1. The fraction of sp³-hybridized carbons (Fsp3) is 0.278. The third-order valence-electron chi connectivity index (χ3n) is 4.54. The summed E-state index contributed by atoms with van der Waals surface area (Å²) in [5.41, 5.74) is 7.88. The molecular weight excluding hydrogens is 302 g/mol. The van der Waals surface area contributed by atoms with Crippen molar-refractivity contribution >= 4 is 22.5 Å². The van der Waals surface area contributed by atoms with Crippen molar-refractivity contribution in [3.8, 4) is 0 Å². The standard InChI is InChI=1S/C18H19N5O/c1-23-17-8-4-7-16(14(17)11-20-23)21-22-18(24)9-12-10-19-15-6-3-2-5-13(12)15/h2-3,5-6,10-11,19H,4,7-9H2,1H3,(H,22,24)/b21-16+. The number of para-hydroxylation sites is 1. The van der Waals surface area contributed by atoms with E-state index in [0.717, 1.165) is 47.0 Å². The van der Waals surface area contributed by atoms with E-state index in [2.05, 4.69) is 20.6 Å². The number of aryl methyl sites for hydroxylation is 1. The highest BCUT2D eigenvalue weighted by atomic mass is 16.2. The predicted octanol–water partition coefficient (Wildman–Crippen LogP) is 2.30. The van der Waals surface area contributed by atoms with Crippen LogP contribution in [0.3, 0.4) is 0 Å². The Morgan fingerprint density at radius 1 is 1.38 bits per heavy atom. The van der Waals surface area contributed by atoms with E-state index in [-0.39, 0.29) is 5.91 Å². The summed E-state index contributed by atoms with van der Waals surface area (Å²) in [6.45, 7) is 0. The van der Waals surface area contributed by atoms with Gasteiger partial charge in [0.05, 0.1) is 18.3 Å². The molecule has 0 unspecified atom stereocenters. The van der Waals surface area contributed by atoms with Crippen LogP contribution in [-0.2, 0) is 24.7 Å². The van der Waals surface area contributed by atoms with Gasteiger partial charge in [0.2, 0.25) is 5.91 Å². The second kappa shape index (κ2) is 5.96. The van der Waals surface area contributed by atoms with Gasteiger partial charge < -0.3 is 4.98 Å². The minimum Gasteiger partial charge on any atom is -0.361 e. The fourth-order valence-corrected chi connectivity index (χ4v) is 3.29. The van der Waals surface area contributed by atoms with Crippen LogP contribution in [0.1, 0.15) is 29.7 Å². The second-order valence-electron chi connectivity index (χ2n) is 6.11. The topological polar surface area (TPSA) is 75.1 Å². The van der Waals surface area contributed by atoms with Crippen LogP contribution in [0, 0.1) is 0 Å². The van der Waals surface area contributed by atoms with E-state index in [9.17, 15) is 4.79 Å². The molecule has 1 aliphatic carbocycles. The predicted molar refractivity (Wildman–Crippen MR) is 92.8 cm³/mol. The van der Waals surface area contributed by atoms with E-state index >= 15 is 0 Å². The van der Waals surface area contributed by atoms with Crippen molar-refractivity contribution in [3.63, 3.8) is 0 Å². The summed E-state index contributed by atoms with van der Waals surface area (Å²) < 4.78 is 1.89. The summed E-state index contributed by atoms with van der Waals surface area (Å²) in [7, 11) is 1.94. The molecule has 0 saturated heterocycles. The number of hydrogen-bond donors (Lipinski definition) is 2. The Morgan fingerprint density at radius 2 is 2.25 bits per heavy atom. The Kier molecular flexibility index (Phi) is 3.65. The first-order valence-electron chi connectivity index (χ1n) is 8.14. The van der Waals surface area contributed by atoms with Crippen molar-refractivity contribution in [2.24, 2.45) is 12.1 Å². The van der Waals surface area contributed by atoms with Gasteiger partial charge in [0.15, 0.2) is 0 Å². The summed E-state index contributed by atoms with van der Waals surface area (Å²) in [5.74, 6) is -0.108. The maximum Gasteiger partial charge on any atom is 0.244 e. The minimum absolute atomic E-state index is 0.108. The zero-order valence-electron chi connectivity index (χ0n) is 13.5. The Bertz CT molecular complexity index is 934. The van der Waals surface area contributed by atoms with Gasteiger partial charge in [0.25, 0.3) is 0 Å². The lowest BCUT2D eigenvalue weighted by Gasteiger charge is -2.14. The zero-order chi connectivity index (χ0) is 16.5. The largest absolute Gasteiger partial charge is 0.361 e. The highest BCUT2D eigenvalue weighted by molar-refractivity contribution is 6.02. The maximum absolute atomic E-state index is 12.3.